The van der Waals surface area contributed by atoms with Crippen molar-refractivity contribution in [3.63, 3.8) is 0 Å². The third-order valence-corrected chi connectivity index (χ3v) is 4.41. The molecule has 3 amide bonds. The van der Waals surface area contributed by atoms with E-state index in [0.717, 1.165) is 0 Å². The second kappa shape index (κ2) is 11.9. The number of carbonyl (C=O) groups excluding carboxylic acids is 3. The Bertz CT molecular complexity index is 736. The van der Waals surface area contributed by atoms with Crippen molar-refractivity contribution in [1.29, 1.82) is 0 Å². The van der Waals surface area contributed by atoms with Crippen molar-refractivity contribution in [2.75, 3.05) is 6.61 Å². The number of hydrogen-bond donors (Lipinski definition) is 5. The van der Waals surface area contributed by atoms with E-state index in [9.17, 15) is 29.4 Å². The molecule has 5 N–H and O–H groups in total. The van der Waals surface area contributed by atoms with Gasteiger partial charge in [0.1, 0.15) is 18.1 Å². The Labute approximate surface area is 176 Å². The molecule has 0 saturated heterocycles. The van der Waals surface area contributed by atoms with Gasteiger partial charge in [0.15, 0.2) is 0 Å². The number of benzene rings is 1. The average molecular weight is 421 g/mol. The Morgan fingerprint density at radius 3 is 1.90 bits per heavy atom. The minimum atomic E-state index is -1.26. The maximum atomic E-state index is 12.6. The Balaban J connectivity index is 2.88. The molecule has 0 aromatic heterocycles. The number of aliphatic hydroxyl groups is 1. The van der Waals surface area contributed by atoms with Gasteiger partial charge in [0.2, 0.25) is 11.8 Å². The minimum Gasteiger partial charge on any atom is -0.480 e. The molecule has 1 aromatic carbocycles. The zero-order chi connectivity index (χ0) is 22.8. The molecule has 1 aromatic rings. The van der Waals surface area contributed by atoms with Gasteiger partial charge in [-0.05, 0) is 30.4 Å². The summed E-state index contributed by atoms with van der Waals surface area (Å²) in [7, 11) is 0. The van der Waals surface area contributed by atoms with Gasteiger partial charge >= 0.3 is 5.97 Å². The van der Waals surface area contributed by atoms with Crippen LogP contribution in [0.15, 0.2) is 30.3 Å². The first-order valence-electron chi connectivity index (χ1n) is 9.87. The van der Waals surface area contributed by atoms with Gasteiger partial charge < -0.3 is 26.2 Å². The summed E-state index contributed by atoms with van der Waals surface area (Å²) in [5.41, 5.74) is 0.321. The molecule has 0 aliphatic rings. The van der Waals surface area contributed by atoms with Gasteiger partial charge in [0.05, 0.1) is 6.61 Å². The number of nitrogens with one attached hydrogen (secondary N) is 3. The number of amides is 3. The van der Waals surface area contributed by atoms with Crippen molar-refractivity contribution in [2.24, 2.45) is 11.8 Å². The van der Waals surface area contributed by atoms with Crippen LogP contribution in [0.5, 0.6) is 0 Å². The number of aliphatic carboxylic acids is 1. The molecule has 0 bridgehead atoms. The average Bonchev–Trinajstić information content (AvgIpc) is 2.68. The fraction of sp³-hybridized carbons (Fsp3) is 0.524. The Morgan fingerprint density at radius 2 is 1.43 bits per heavy atom. The SMILES string of the molecule is CC(C)C[C@H](NC(=O)[C@H](CO)NC(=O)c1ccccc1)C(=O)N[C@H](C(=O)O)C(C)C. The van der Waals surface area contributed by atoms with E-state index in [2.05, 4.69) is 16.0 Å². The second-order valence-corrected chi connectivity index (χ2v) is 7.83. The fourth-order valence-electron chi connectivity index (χ4n) is 2.77. The summed E-state index contributed by atoms with van der Waals surface area (Å²) in [5, 5.41) is 26.3. The lowest BCUT2D eigenvalue weighted by Crippen LogP contribution is -2.57. The standard InChI is InChI=1S/C21H31N3O6/c1-12(2)10-15(19(27)24-17(13(3)4)21(29)30)22-20(28)16(11-25)23-18(26)14-8-6-5-7-9-14/h5-9,12-13,15-17,25H,10-11H2,1-4H3,(H,22,28)(H,23,26)(H,24,27)(H,29,30)/t15-,16-,17-/m0/s1. The van der Waals surface area contributed by atoms with Crippen LogP contribution in [0.25, 0.3) is 0 Å². The molecule has 9 nitrogen and oxygen atoms in total. The van der Waals surface area contributed by atoms with Gasteiger partial charge in [-0.15, -0.1) is 0 Å². The molecule has 0 unspecified atom stereocenters. The van der Waals surface area contributed by atoms with Crippen LogP contribution in [0.4, 0.5) is 0 Å². The molecule has 0 saturated carbocycles. The summed E-state index contributed by atoms with van der Waals surface area (Å²) >= 11 is 0. The smallest absolute Gasteiger partial charge is 0.326 e. The van der Waals surface area contributed by atoms with Crippen molar-refractivity contribution >= 4 is 23.7 Å². The van der Waals surface area contributed by atoms with Crippen molar-refractivity contribution in [2.45, 2.75) is 52.2 Å². The molecule has 0 aliphatic heterocycles. The summed E-state index contributed by atoms with van der Waals surface area (Å²) in [6.07, 6.45) is 0.257. The van der Waals surface area contributed by atoms with Crippen LogP contribution in [0.3, 0.4) is 0 Å². The highest BCUT2D eigenvalue weighted by atomic mass is 16.4. The van der Waals surface area contributed by atoms with E-state index >= 15 is 0 Å². The third-order valence-electron chi connectivity index (χ3n) is 4.41. The summed E-state index contributed by atoms with van der Waals surface area (Å²) in [6.45, 7) is 6.37. The minimum absolute atomic E-state index is 0.0230. The van der Waals surface area contributed by atoms with Gasteiger partial charge in [-0.25, -0.2) is 4.79 Å². The molecular weight excluding hydrogens is 390 g/mol. The second-order valence-electron chi connectivity index (χ2n) is 7.83. The van der Waals surface area contributed by atoms with E-state index in [0.29, 0.717) is 5.56 Å². The number of rotatable bonds is 11. The lowest BCUT2D eigenvalue weighted by molar-refractivity contribution is -0.143. The van der Waals surface area contributed by atoms with Gasteiger partial charge in [0, 0.05) is 5.56 Å². The molecule has 1 rings (SSSR count). The predicted molar refractivity (Wildman–Crippen MR) is 111 cm³/mol. The van der Waals surface area contributed by atoms with Crippen LogP contribution in [0.1, 0.15) is 44.5 Å². The van der Waals surface area contributed by atoms with Gasteiger partial charge in [-0.1, -0.05) is 45.9 Å². The number of aliphatic hydroxyl groups excluding tert-OH is 1. The fourth-order valence-corrected chi connectivity index (χ4v) is 2.77. The molecule has 0 spiro atoms. The topological polar surface area (TPSA) is 145 Å². The quantitative estimate of drug-likeness (QED) is 0.352. The maximum absolute atomic E-state index is 12.6. The molecule has 30 heavy (non-hydrogen) atoms. The van der Waals surface area contributed by atoms with Crippen LogP contribution >= 0.6 is 0 Å². The van der Waals surface area contributed by atoms with Crippen molar-refractivity contribution in [3.8, 4) is 0 Å². The van der Waals surface area contributed by atoms with Crippen LogP contribution in [0.2, 0.25) is 0 Å². The van der Waals surface area contributed by atoms with Crippen molar-refractivity contribution in [3.05, 3.63) is 35.9 Å². The number of carbonyl (C=O) groups is 4. The van der Waals surface area contributed by atoms with Crippen LogP contribution < -0.4 is 16.0 Å². The normalized spacial score (nSPS) is 14.0. The van der Waals surface area contributed by atoms with Crippen LogP contribution in [0, 0.1) is 11.8 Å². The molecule has 0 fully saturated rings. The van der Waals surface area contributed by atoms with E-state index in [1.165, 1.54) is 0 Å². The van der Waals surface area contributed by atoms with Crippen LogP contribution in [-0.2, 0) is 14.4 Å². The highest BCUT2D eigenvalue weighted by Crippen LogP contribution is 2.08. The predicted octanol–water partition coefficient (Wildman–Crippen LogP) is 0.534. The molecule has 3 atom stereocenters. The Hall–Kier alpha value is -2.94. The maximum Gasteiger partial charge on any atom is 0.326 e. The zero-order valence-electron chi connectivity index (χ0n) is 17.7. The summed E-state index contributed by atoms with van der Waals surface area (Å²) in [4.78, 5) is 48.9. The summed E-state index contributed by atoms with van der Waals surface area (Å²) in [6, 6.07) is 4.82. The monoisotopic (exact) mass is 421 g/mol. The molecule has 166 valence electrons. The van der Waals surface area contributed by atoms with E-state index < -0.39 is 48.4 Å². The van der Waals surface area contributed by atoms with E-state index in [1.54, 1.807) is 44.2 Å². The van der Waals surface area contributed by atoms with Crippen molar-refractivity contribution in [1.82, 2.24) is 16.0 Å². The Kier molecular flexibility index (Phi) is 9.97. The molecule has 0 aliphatic carbocycles. The van der Waals surface area contributed by atoms with Gasteiger partial charge in [-0.3, -0.25) is 14.4 Å². The number of carboxylic acid groups (broad SMARTS) is 1. The first-order chi connectivity index (χ1) is 14.1. The first-order valence-corrected chi connectivity index (χ1v) is 9.87. The lowest BCUT2D eigenvalue weighted by atomic mass is 10.00. The van der Waals surface area contributed by atoms with E-state index in [1.807, 2.05) is 13.8 Å². The molecule has 9 heteroatoms. The van der Waals surface area contributed by atoms with Gasteiger partial charge in [-0.2, -0.15) is 0 Å². The van der Waals surface area contributed by atoms with Crippen LogP contribution in [-0.4, -0.2) is 58.6 Å². The zero-order valence-corrected chi connectivity index (χ0v) is 17.7. The highest BCUT2D eigenvalue weighted by Gasteiger charge is 2.31. The van der Waals surface area contributed by atoms with E-state index in [-0.39, 0.29) is 18.3 Å². The Morgan fingerprint density at radius 1 is 0.867 bits per heavy atom. The van der Waals surface area contributed by atoms with Gasteiger partial charge in [0.25, 0.3) is 5.91 Å². The van der Waals surface area contributed by atoms with Crippen molar-refractivity contribution < 1.29 is 29.4 Å². The highest BCUT2D eigenvalue weighted by molar-refractivity contribution is 5.98. The first kappa shape index (κ1) is 25.1. The third kappa shape index (κ3) is 7.82. The molecule has 0 heterocycles. The molecule has 0 radical (unpaired) electrons. The largest absolute Gasteiger partial charge is 0.480 e. The number of hydrogen-bond acceptors (Lipinski definition) is 5. The molecular formula is C21H31N3O6. The number of carboxylic acids is 1. The summed E-state index contributed by atoms with van der Waals surface area (Å²) < 4.78 is 0. The lowest BCUT2D eigenvalue weighted by Gasteiger charge is -2.26. The summed E-state index contributed by atoms with van der Waals surface area (Å²) in [5.74, 6) is -3.41. The van der Waals surface area contributed by atoms with E-state index in [4.69, 9.17) is 0 Å².